The molecule has 1 aromatic carbocycles. The first kappa shape index (κ1) is 16.9. The topological polar surface area (TPSA) is 56.6 Å². The fraction of sp³-hybridized carbons (Fsp3) is 0.579. The second-order valence-corrected chi connectivity index (χ2v) is 6.60. The van der Waals surface area contributed by atoms with Gasteiger partial charge in [0.05, 0.1) is 23.7 Å². The third kappa shape index (κ3) is 4.14. The van der Waals surface area contributed by atoms with Crippen molar-refractivity contribution in [2.75, 3.05) is 32.8 Å². The maximum Gasteiger partial charge on any atom is 0.228 e. The summed E-state index contributed by atoms with van der Waals surface area (Å²) in [4.78, 5) is 16.9. The largest absolute Gasteiger partial charge is 0.378 e. The molecular formula is C19H25N3O2. The van der Waals surface area contributed by atoms with Crippen LogP contribution in [-0.4, -0.2) is 54.6 Å². The highest BCUT2D eigenvalue weighted by Crippen LogP contribution is 2.35. The Morgan fingerprint density at radius 1 is 1.25 bits per heavy atom. The maximum atomic E-state index is 12.5. The smallest absolute Gasteiger partial charge is 0.228 e. The lowest BCUT2D eigenvalue weighted by atomic mass is 10.1. The summed E-state index contributed by atoms with van der Waals surface area (Å²) in [5, 5.41) is 8.86. The number of hydrogen-bond donors (Lipinski definition) is 0. The van der Waals surface area contributed by atoms with E-state index in [-0.39, 0.29) is 17.9 Å². The van der Waals surface area contributed by atoms with E-state index in [1.54, 1.807) is 0 Å². The van der Waals surface area contributed by atoms with Crippen LogP contribution in [0.15, 0.2) is 24.3 Å². The molecule has 0 spiro atoms. The van der Waals surface area contributed by atoms with Crippen LogP contribution in [0.3, 0.4) is 0 Å². The zero-order chi connectivity index (χ0) is 16.9. The minimum absolute atomic E-state index is 0.0926. The Morgan fingerprint density at radius 2 is 2.04 bits per heavy atom. The second-order valence-electron chi connectivity index (χ2n) is 6.60. The summed E-state index contributed by atoms with van der Waals surface area (Å²) in [6, 6.07) is 9.91. The Hall–Kier alpha value is -1.90. The first-order chi connectivity index (χ1) is 11.7. The van der Waals surface area contributed by atoms with E-state index < -0.39 is 0 Å². The summed E-state index contributed by atoms with van der Waals surface area (Å²) in [5.41, 5.74) is 1.91. The number of benzene rings is 1. The van der Waals surface area contributed by atoms with Gasteiger partial charge in [-0.15, -0.1) is 0 Å². The highest BCUT2D eigenvalue weighted by molar-refractivity contribution is 5.82. The lowest BCUT2D eigenvalue weighted by Gasteiger charge is -2.22. The number of rotatable bonds is 5. The van der Waals surface area contributed by atoms with E-state index in [2.05, 4.69) is 11.0 Å². The fourth-order valence-electron chi connectivity index (χ4n) is 3.36. The highest BCUT2D eigenvalue weighted by Gasteiger charge is 2.45. The lowest BCUT2D eigenvalue weighted by molar-refractivity contribution is -0.133. The van der Waals surface area contributed by atoms with Gasteiger partial charge in [-0.05, 0) is 37.5 Å². The molecule has 5 heteroatoms. The van der Waals surface area contributed by atoms with Crippen LogP contribution >= 0.6 is 0 Å². The van der Waals surface area contributed by atoms with E-state index in [1.165, 1.54) is 5.56 Å². The molecule has 0 bridgehead atoms. The predicted octanol–water partition coefficient (Wildman–Crippen LogP) is 2.02. The van der Waals surface area contributed by atoms with Crippen molar-refractivity contribution in [3.05, 3.63) is 35.4 Å². The molecule has 24 heavy (non-hydrogen) atoms. The minimum atomic E-state index is 0.0926. The fourth-order valence-corrected chi connectivity index (χ4v) is 3.36. The normalized spacial score (nSPS) is 24.2. The Kier molecular flexibility index (Phi) is 5.49. The monoisotopic (exact) mass is 327 g/mol. The Balaban J connectivity index is 1.50. The van der Waals surface area contributed by atoms with Crippen LogP contribution in [0.4, 0.5) is 0 Å². The molecule has 0 unspecified atom stereocenters. The van der Waals surface area contributed by atoms with Gasteiger partial charge in [0, 0.05) is 39.3 Å². The molecule has 3 rings (SSSR count). The van der Waals surface area contributed by atoms with Gasteiger partial charge in [-0.1, -0.05) is 12.1 Å². The molecule has 128 valence electrons. The molecular weight excluding hydrogens is 302 g/mol. The van der Waals surface area contributed by atoms with Gasteiger partial charge in [0.2, 0.25) is 5.91 Å². The molecule has 2 fully saturated rings. The van der Waals surface area contributed by atoms with Gasteiger partial charge < -0.3 is 9.64 Å². The maximum absolute atomic E-state index is 12.5. The van der Waals surface area contributed by atoms with Gasteiger partial charge in [0.1, 0.15) is 0 Å². The van der Waals surface area contributed by atoms with Crippen LogP contribution in [0.1, 0.15) is 30.9 Å². The zero-order valence-corrected chi connectivity index (χ0v) is 14.3. The predicted molar refractivity (Wildman–Crippen MR) is 91.2 cm³/mol. The third-order valence-electron chi connectivity index (χ3n) is 4.82. The van der Waals surface area contributed by atoms with Gasteiger partial charge in [0.25, 0.3) is 0 Å². The SMILES string of the molecule is CCO[C@H]1C[C@@H]1C(=O)N1CCCN(Cc2ccc(C#N)cc2)CC1. The molecule has 0 N–H and O–H groups in total. The summed E-state index contributed by atoms with van der Waals surface area (Å²) in [6.07, 6.45) is 2.05. The number of ether oxygens (including phenoxy) is 1. The Bertz CT molecular complexity index is 608. The molecule has 1 saturated heterocycles. The molecule has 2 atom stereocenters. The average molecular weight is 327 g/mol. The first-order valence-electron chi connectivity index (χ1n) is 8.83. The molecule has 1 saturated carbocycles. The van der Waals surface area contributed by atoms with Crippen LogP contribution in [0.25, 0.3) is 0 Å². The molecule has 1 heterocycles. The van der Waals surface area contributed by atoms with Crippen LogP contribution in [0.2, 0.25) is 0 Å². The van der Waals surface area contributed by atoms with Gasteiger partial charge in [-0.2, -0.15) is 5.26 Å². The van der Waals surface area contributed by atoms with E-state index in [9.17, 15) is 4.79 Å². The van der Waals surface area contributed by atoms with Crippen molar-refractivity contribution in [2.24, 2.45) is 5.92 Å². The molecule has 2 aliphatic rings. The number of nitriles is 1. The molecule has 1 amide bonds. The molecule has 1 aliphatic carbocycles. The molecule has 1 aromatic rings. The van der Waals surface area contributed by atoms with E-state index in [0.29, 0.717) is 12.2 Å². The molecule has 1 aliphatic heterocycles. The van der Waals surface area contributed by atoms with Crippen molar-refractivity contribution < 1.29 is 9.53 Å². The number of carbonyl (C=O) groups excluding carboxylic acids is 1. The van der Waals surface area contributed by atoms with E-state index in [4.69, 9.17) is 10.00 Å². The minimum Gasteiger partial charge on any atom is -0.378 e. The number of amides is 1. The summed E-state index contributed by atoms with van der Waals surface area (Å²) in [6.45, 7) is 7.09. The van der Waals surface area contributed by atoms with Crippen LogP contribution < -0.4 is 0 Å². The standard InChI is InChI=1S/C19H25N3O2/c1-2-24-18-12-17(18)19(23)22-9-3-8-21(10-11-22)14-16-6-4-15(13-20)5-7-16/h4-7,17-18H,2-3,8-12,14H2,1H3/t17-,18-/m0/s1. The second kappa shape index (κ2) is 7.78. The van der Waals surface area contributed by atoms with Gasteiger partial charge in [0.15, 0.2) is 0 Å². The van der Waals surface area contributed by atoms with Crippen LogP contribution in [0.5, 0.6) is 0 Å². The molecule has 0 radical (unpaired) electrons. The van der Waals surface area contributed by atoms with E-state index in [0.717, 1.165) is 45.6 Å². The van der Waals surface area contributed by atoms with Gasteiger partial charge in [-0.3, -0.25) is 9.69 Å². The third-order valence-corrected chi connectivity index (χ3v) is 4.82. The molecule has 0 aromatic heterocycles. The Labute approximate surface area is 143 Å². The van der Waals surface area contributed by atoms with Crippen molar-refractivity contribution in [3.8, 4) is 6.07 Å². The number of carbonyl (C=O) groups is 1. The quantitative estimate of drug-likeness (QED) is 0.830. The highest BCUT2D eigenvalue weighted by atomic mass is 16.5. The van der Waals surface area contributed by atoms with Gasteiger partial charge >= 0.3 is 0 Å². The van der Waals surface area contributed by atoms with Crippen LogP contribution in [0, 0.1) is 17.2 Å². The van der Waals surface area contributed by atoms with E-state index in [1.807, 2.05) is 36.1 Å². The lowest BCUT2D eigenvalue weighted by Crippen LogP contribution is -2.36. The Morgan fingerprint density at radius 3 is 2.75 bits per heavy atom. The summed E-state index contributed by atoms with van der Waals surface area (Å²) in [5.74, 6) is 0.365. The average Bonchev–Trinajstić information content (AvgIpc) is 3.39. The van der Waals surface area contributed by atoms with Crippen molar-refractivity contribution in [3.63, 3.8) is 0 Å². The van der Waals surface area contributed by atoms with E-state index >= 15 is 0 Å². The summed E-state index contributed by atoms with van der Waals surface area (Å²) in [7, 11) is 0. The van der Waals surface area contributed by atoms with Crippen LogP contribution in [-0.2, 0) is 16.1 Å². The summed E-state index contributed by atoms with van der Waals surface area (Å²) >= 11 is 0. The summed E-state index contributed by atoms with van der Waals surface area (Å²) < 4.78 is 5.55. The first-order valence-corrected chi connectivity index (χ1v) is 8.83. The van der Waals surface area contributed by atoms with Crippen molar-refractivity contribution in [2.45, 2.75) is 32.4 Å². The zero-order valence-electron chi connectivity index (χ0n) is 14.3. The number of nitrogens with zero attached hydrogens (tertiary/aromatic N) is 3. The van der Waals surface area contributed by atoms with Crippen molar-refractivity contribution >= 4 is 5.91 Å². The van der Waals surface area contributed by atoms with Crippen molar-refractivity contribution in [1.29, 1.82) is 5.26 Å². The van der Waals surface area contributed by atoms with Crippen molar-refractivity contribution in [1.82, 2.24) is 9.80 Å². The number of hydrogen-bond acceptors (Lipinski definition) is 4. The molecule has 5 nitrogen and oxygen atoms in total. The van der Waals surface area contributed by atoms with Gasteiger partial charge in [-0.25, -0.2) is 0 Å².